The lowest BCUT2D eigenvalue weighted by Crippen LogP contribution is -2.30. The largest absolute Gasteiger partial charge is 0.485 e. The number of hydrogen-bond acceptors (Lipinski definition) is 5. The molecule has 1 unspecified atom stereocenters. The Kier molecular flexibility index (Phi) is 6.43. The van der Waals surface area contributed by atoms with Gasteiger partial charge in [0.25, 0.3) is 10.1 Å². The van der Waals surface area contributed by atoms with Gasteiger partial charge in [0.15, 0.2) is 0 Å². The molecule has 0 saturated heterocycles. The van der Waals surface area contributed by atoms with Gasteiger partial charge in [-0.25, -0.2) is 4.39 Å². The molecule has 0 amide bonds. The van der Waals surface area contributed by atoms with Gasteiger partial charge in [0.2, 0.25) is 0 Å². The number of rotatable bonds is 5. The zero-order valence-corrected chi connectivity index (χ0v) is 18.9. The van der Waals surface area contributed by atoms with Gasteiger partial charge in [-0.1, -0.05) is 35.9 Å². The Morgan fingerprint density at radius 2 is 1.76 bits per heavy atom. The molecule has 10 heteroatoms. The molecule has 33 heavy (non-hydrogen) atoms. The summed E-state index contributed by atoms with van der Waals surface area (Å²) in [4.78, 5) is 0.318. The standard InChI is InChI=1S/C23H18F4O4S2/c1-14-6-8-17(9-7-14)33(28,29)30-12-16-13-32-21-11-15(24)10-19(22(21)31-16)18-4-2-3-5-20(18)23(25,26)27/h2-11,16H,12-13H2,1H3. The van der Waals surface area contributed by atoms with E-state index in [9.17, 15) is 26.0 Å². The van der Waals surface area contributed by atoms with Gasteiger partial charge < -0.3 is 4.74 Å². The molecule has 1 heterocycles. The monoisotopic (exact) mass is 498 g/mol. The van der Waals surface area contributed by atoms with Crippen molar-refractivity contribution in [1.29, 1.82) is 0 Å². The summed E-state index contributed by atoms with van der Waals surface area (Å²) >= 11 is 1.16. The Labute approximate surface area is 192 Å². The second-order valence-corrected chi connectivity index (χ2v) is 10.1. The fourth-order valence-electron chi connectivity index (χ4n) is 3.37. The van der Waals surface area contributed by atoms with Crippen LogP contribution in [-0.4, -0.2) is 26.9 Å². The number of ether oxygens (including phenoxy) is 1. The summed E-state index contributed by atoms with van der Waals surface area (Å²) in [5.74, 6) is -0.403. The molecule has 1 aliphatic rings. The van der Waals surface area contributed by atoms with Crippen molar-refractivity contribution in [3.63, 3.8) is 0 Å². The van der Waals surface area contributed by atoms with Crippen molar-refractivity contribution in [3.05, 3.63) is 77.6 Å². The number of hydrogen-bond donors (Lipinski definition) is 0. The van der Waals surface area contributed by atoms with Gasteiger partial charge >= 0.3 is 6.18 Å². The lowest BCUT2D eigenvalue weighted by Gasteiger charge is -2.28. The third kappa shape index (κ3) is 5.18. The Morgan fingerprint density at radius 1 is 1.06 bits per heavy atom. The van der Waals surface area contributed by atoms with Crippen LogP contribution in [0.2, 0.25) is 0 Å². The van der Waals surface area contributed by atoms with Crippen LogP contribution in [0.15, 0.2) is 70.5 Å². The molecule has 174 valence electrons. The predicted molar refractivity (Wildman–Crippen MR) is 116 cm³/mol. The fraction of sp³-hybridized carbons (Fsp3) is 0.217. The molecule has 0 spiro atoms. The molecular weight excluding hydrogens is 480 g/mol. The van der Waals surface area contributed by atoms with E-state index in [-0.39, 0.29) is 34.1 Å². The van der Waals surface area contributed by atoms with Crippen molar-refractivity contribution >= 4 is 21.9 Å². The van der Waals surface area contributed by atoms with Gasteiger partial charge in [0.05, 0.1) is 15.4 Å². The van der Waals surface area contributed by atoms with E-state index in [1.54, 1.807) is 12.1 Å². The lowest BCUT2D eigenvalue weighted by atomic mass is 9.98. The Morgan fingerprint density at radius 3 is 2.45 bits per heavy atom. The maximum absolute atomic E-state index is 14.2. The van der Waals surface area contributed by atoms with E-state index >= 15 is 0 Å². The molecule has 0 N–H and O–H groups in total. The number of halogens is 4. The summed E-state index contributed by atoms with van der Waals surface area (Å²) in [5, 5.41) is 0. The summed E-state index contributed by atoms with van der Waals surface area (Å²) in [5.41, 5.74) is -0.324. The Balaban J connectivity index is 1.62. The van der Waals surface area contributed by atoms with Crippen molar-refractivity contribution in [1.82, 2.24) is 0 Å². The quantitative estimate of drug-likeness (QED) is 0.315. The summed E-state index contributed by atoms with van der Waals surface area (Å²) < 4.78 is 90.8. The summed E-state index contributed by atoms with van der Waals surface area (Å²) in [6.45, 7) is 1.47. The molecule has 1 aliphatic heterocycles. The average molecular weight is 499 g/mol. The second-order valence-electron chi connectivity index (χ2n) is 7.43. The SMILES string of the molecule is Cc1ccc(S(=O)(=O)OCC2CSc3cc(F)cc(-c4ccccc4C(F)(F)F)c3O2)cc1. The summed E-state index contributed by atoms with van der Waals surface area (Å²) in [6.07, 6.45) is -5.42. The lowest BCUT2D eigenvalue weighted by molar-refractivity contribution is -0.137. The molecule has 3 aromatic carbocycles. The van der Waals surface area contributed by atoms with E-state index in [4.69, 9.17) is 8.92 Å². The van der Waals surface area contributed by atoms with E-state index in [0.717, 1.165) is 29.5 Å². The van der Waals surface area contributed by atoms with E-state index in [1.807, 2.05) is 6.92 Å². The van der Waals surface area contributed by atoms with E-state index < -0.39 is 33.8 Å². The van der Waals surface area contributed by atoms with Crippen LogP contribution in [0.3, 0.4) is 0 Å². The number of alkyl halides is 3. The van der Waals surface area contributed by atoms with Crippen LogP contribution >= 0.6 is 11.8 Å². The number of fused-ring (bicyclic) bond motifs is 1. The number of aryl methyl sites for hydroxylation is 1. The minimum Gasteiger partial charge on any atom is -0.485 e. The molecule has 0 fully saturated rings. The van der Waals surface area contributed by atoms with Crippen LogP contribution < -0.4 is 4.74 Å². The van der Waals surface area contributed by atoms with Crippen LogP contribution in [-0.2, 0) is 20.5 Å². The van der Waals surface area contributed by atoms with Crippen LogP contribution in [0.1, 0.15) is 11.1 Å². The van der Waals surface area contributed by atoms with Gasteiger partial charge in [-0.2, -0.15) is 21.6 Å². The first kappa shape index (κ1) is 23.6. The number of thioether (sulfide) groups is 1. The van der Waals surface area contributed by atoms with E-state index in [1.165, 1.54) is 36.4 Å². The molecule has 0 saturated carbocycles. The average Bonchev–Trinajstić information content (AvgIpc) is 2.77. The first-order valence-electron chi connectivity index (χ1n) is 9.80. The minimum absolute atomic E-state index is 0.0150. The van der Waals surface area contributed by atoms with Crippen molar-refractivity contribution in [2.45, 2.75) is 29.0 Å². The van der Waals surface area contributed by atoms with Gasteiger partial charge in [-0.15, -0.1) is 11.8 Å². The van der Waals surface area contributed by atoms with Crippen LogP contribution in [0.4, 0.5) is 17.6 Å². The molecule has 4 rings (SSSR count). The topological polar surface area (TPSA) is 52.6 Å². The van der Waals surface area contributed by atoms with Crippen molar-refractivity contribution < 1.29 is 34.9 Å². The van der Waals surface area contributed by atoms with E-state index in [0.29, 0.717) is 4.90 Å². The second kappa shape index (κ2) is 9.00. The van der Waals surface area contributed by atoms with Crippen molar-refractivity contribution in [3.8, 4) is 16.9 Å². The highest BCUT2D eigenvalue weighted by molar-refractivity contribution is 7.99. The van der Waals surface area contributed by atoms with Crippen molar-refractivity contribution in [2.75, 3.05) is 12.4 Å². The number of benzene rings is 3. The molecule has 0 aliphatic carbocycles. The molecule has 3 aromatic rings. The molecule has 4 nitrogen and oxygen atoms in total. The van der Waals surface area contributed by atoms with Crippen LogP contribution in [0, 0.1) is 12.7 Å². The molecular formula is C23H18F4O4S2. The maximum atomic E-state index is 14.2. The molecule has 0 aromatic heterocycles. The smallest absolute Gasteiger partial charge is 0.417 e. The van der Waals surface area contributed by atoms with Gasteiger partial charge in [0.1, 0.15) is 24.3 Å². The highest BCUT2D eigenvalue weighted by Crippen LogP contribution is 2.46. The predicted octanol–water partition coefficient (Wildman–Crippen LogP) is 6.08. The third-order valence-electron chi connectivity index (χ3n) is 4.97. The van der Waals surface area contributed by atoms with Gasteiger partial charge in [-0.3, -0.25) is 4.18 Å². The highest BCUT2D eigenvalue weighted by atomic mass is 32.2. The molecule has 0 radical (unpaired) electrons. The van der Waals surface area contributed by atoms with Crippen LogP contribution in [0.25, 0.3) is 11.1 Å². The molecule has 0 bridgehead atoms. The Bertz CT molecular complexity index is 1270. The highest BCUT2D eigenvalue weighted by Gasteiger charge is 2.35. The van der Waals surface area contributed by atoms with Gasteiger partial charge in [-0.05, 0) is 42.8 Å². The maximum Gasteiger partial charge on any atom is 0.417 e. The fourth-order valence-corrected chi connectivity index (χ4v) is 5.32. The van der Waals surface area contributed by atoms with Crippen LogP contribution in [0.5, 0.6) is 5.75 Å². The zero-order chi connectivity index (χ0) is 23.8. The normalized spacial score (nSPS) is 16.2. The first-order valence-corrected chi connectivity index (χ1v) is 12.2. The third-order valence-corrected chi connectivity index (χ3v) is 7.42. The van der Waals surface area contributed by atoms with Gasteiger partial charge in [0, 0.05) is 11.3 Å². The summed E-state index contributed by atoms with van der Waals surface area (Å²) in [6, 6.07) is 13.1. The molecule has 1 atom stereocenters. The Hall–Kier alpha value is -2.56. The first-order chi connectivity index (χ1) is 15.5. The zero-order valence-electron chi connectivity index (χ0n) is 17.2. The van der Waals surface area contributed by atoms with E-state index in [2.05, 4.69) is 0 Å². The minimum atomic E-state index is -4.65. The van der Waals surface area contributed by atoms with Crippen molar-refractivity contribution in [2.24, 2.45) is 0 Å². The summed E-state index contributed by atoms with van der Waals surface area (Å²) in [7, 11) is -4.05.